The van der Waals surface area contributed by atoms with Gasteiger partial charge in [-0.15, -0.1) is 11.3 Å². The van der Waals surface area contributed by atoms with Gasteiger partial charge in [-0.25, -0.2) is 4.98 Å². The van der Waals surface area contributed by atoms with Crippen LogP contribution in [-0.4, -0.2) is 16.5 Å². The van der Waals surface area contributed by atoms with Gasteiger partial charge in [-0.3, -0.25) is 0 Å². The van der Waals surface area contributed by atoms with Crippen LogP contribution in [-0.2, 0) is 0 Å². The lowest BCUT2D eigenvalue weighted by molar-refractivity contribution is 0.268. The van der Waals surface area contributed by atoms with E-state index in [1.807, 2.05) is 5.38 Å². The van der Waals surface area contributed by atoms with Crippen molar-refractivity contribution in [1.29, 1.82) is 0 Å². The number of nitrogen functional groups attached to an aromatic ring is 1. The summed E-state index contributed by atoms with van der Waals surface area (Å²) in [6, 6.07) is 2.06. The van der Waals surface area contributed by atoms with Gasteiger partial charge in [0, 0.05) is 6.54 Å². The van der Waals surface area contributed by atoms with Crippen LogP contribution >= 0.6 is 11.3 Å². The minimum absolute atomic E-state index is 0.356. The Bertz CT molecular complexity index is 566. The van der Waals surface area contributed by atoms with E-state index < -0.39 is 0 Å². The zero-order valence-corrected chi connectivity index (χ0v) is 12.0. The van der Waals surface area contributed by atoms with Crippen LogP contribution in [0.1, 0.15) is 32.6 Å². The van der Waals surface area contributed by atoms with Crippen molar-refractivity contribution in [3.05, 3.63) is 11.4 Å². The third-order valence-corrected chi connectivity index (χ3v) is 4.97. The maximum Gasteiger partial charge on any atom is 0.223 e. The van der Waals surface area contributed by atoms with Crippen molar-refractivity contribution < 1.29 is 0 Å². The van der Waals surface area contributed by atoms with E-state index in [0.717, 1.165) is 34.4 Å². The molecule has 1 fully saturated rings. The van der Waals surface area contributed by atoms with Crippen LogP contribution < -0.4 is 11.1 Å². The normalized spacial score (nSPS) is 23.6. The lowest BCUT2D eigenvalue weighted by Gasteiger charge is -2.29. The van der Waals surface area contributed by atoms with E-state index in [1.54, 1.807) is 11.3 Å². The van der Waals surface area contributed by atoms with E-state index in [1.165, 1.54) is 25.7 Å². The number of hydrogen-bond donors (Lipinski definition) is 2. The molecule has 19 heavy (non-hydrogen) atoms. The molecule has 2 atom stereocenters. The number of fused-ring (bicyclic) bond motifs is 1. The lowest BCUT2D eigenvalue weighted by Crippen LogP contribution is -2.24. The molecule has 0 spiro atoms. The molecule has 0 amide bonds. The van der Waals surface area contributed by atoms with Gasteiger partial charge in [-0.2, -0.15) is 4.98 Å². The first-order valence-electron chi connectivity index (χ1n) is 6.98. The highest BCUT2D eigenvalue weighted by Crippen LogP contribution is 2.31. The molecule has 4 nitrogen and oxygen atoms in total. The Hall–Kier alpha value is -1.36. The van der Waals surface area contributed by atoms with Gasteiger partial charge >= 0.3 is 0 Å². The van der Waals surface area contributed by atoms with Gasteiger partial charge in [-0.05, 0) is 29.7 Å². The van der Waals surface area contributed by atoms with E-state index in [2.05, 4.69) is 28.3 Å². The fourth-order valence-corrected chi connectivity index (χ4v) is 3.70. The minimum atomic E-state index is 0.356. The molecule has 3 rings (SSSR count). The van der Waals surface area contributed by atoms with E-state index >= 15 is 0 Å². The molecule has 1 saturated carbocycles. The zero-order valence-electron chi connectivity index (χ0n) is 11.2. The predicted octanol–water partition coefficient (Wildman–Crippen LogP) is 3.51. The average molecular weight is 276 g/mol. The highest BCUT2D eigenvalue weighted by Gasteiger charge is 2.21. The number of thiophene rings is 1. The Morgan fingerprint density at radius 1 is 1.37 bits per heavy atom. The average Bonchev–Trinajstić information content (AvgIpc) is 2.85. The molecule has 1 aliphatic rings. The molecule has 2 aromatic rings. The number of rotatable bonds is 3. The summed E-state index contributed by atoms with van der Waals surface area (Å²) in [5.41, 5.74) is 5.76. The quantitative estimate of drug-likeness (QED) is 0.900. The highest BCUT2D eigenvalue weighted by atomic mass is 32.1. The van der Waals surface area contributed by atoms with Crippen molar-refractivity contribution >= 4 is 33.3 Å². The Morgan fingerprint density at radius 3 is 3.05 bits per heavy atom. The van der Waals surface area contributed by atoms with Gasteiger partial charge in [0.2, 0.25) is 5.95 Å². The molecule has 2 aromatic heterocycles. The number of aromatic nitrogens is 2. The van der Waals surface area contributed by atoms with Gasteiger partial charge < -0.3 is 11.1 Å². The monoisotopic (exact) mass is 276 g/mol. The summed E-state index contributed by atoms with van der Waals surface area (Å²) in [6.07, 6.45) is 5.41. The summed E-state index contributed by atoms with van der Waals surface area (Å²) >= 11 is 1.61. The van der Waals surface area contributed by atoms with Gasteiger partial charge in [0.1, 0.15) is 10.6 Å². The molecule has 1 aliphatic carbocycles. The Labute approximate surface area is 117 Å². The second kappa shape index (κ2) is 5.33. The molecule has 0 bridgehead atoms. The van der Waals surface area contributed by atoms with E-state index in [4.69, 9.17) is 5.73 Å². The summed E-state index contributed by atoms with van der Waals surface area (Å²) in [6.45, 7) is 3.35. The smallest absolute Gasteiger partial charge is 0.223 e. The van der Waals surface area contributed by atoms with Crippen LogP contribution in [0.4, 0.5) is 11.8 Å². The second-order valence-corrected chi connectivity index (χ2v) is 6.37. The number of anilines is 2. The summed E-state index contributed by atoms with van der Waals surface area (Å²) in [5.74, 6) is 2.80. The van der Waals surface area contributed by atoms with Gasteiger partial charge in [0.05, 0.1) is 5.39 Å². The third-order valence-electron chi connectivity index (χ3n) is 4.16. The van der Waals surface area contributed by atoms with Crippen LogP contribution in [0, 0.1) is 11.8 Å². The molecule has 0 aliphatic heterocycles. The molecule has 0 radical (unpaired) electrons. The van der Waals surface area contributed by atoms with Crippen molar-refractivity contribution in [2.45, 2.75) is 32.6 Å². The fraction of sp³-hybridized carbons (Fsp3) is 0.571. The SMILES string of the molecule is CC1CCCCC1CNc1nc(N)nc2sccc12. The highest BCUT2D eigenvalue weighted by molar-refractivity contribution is 7.16. The minimum Gasteiger partial charge on any atom is -0.369 e. The first kappa shape index (κ1) is 12.7. The van der Waals surface area contributed by atoms with E-state index in [9.17, 15) is 0 Å². The number of nitrogens with zero attached hydrogens (tertiary/aromatic N) is 2. The molecule has 2 unspecified atom stereocenters. The standard InChI is InChI=1S/C14H20N4S/c1-9-4-2-3-5-10(9)8-16-12-11-6-7-19-13(11)18-14(15)17-12/h6-7,9-10H,2-5,8H2,1H3,(H3,15,16,17,18). The second-order valence-electron chi connectivity index (χ2n) is 5.47. The maximum atomic E-state index is 5.76. The predicted molar refractivity (Wildman–Crippen MR) is 81.4 cm³/mol. The van der Waals surface area contributed by atoms with Gasteiger partial charge in [-0.1, -0.05) is 26.2 Å². The van der Waals surface area contributed by atoms with Crippen LogP contribution in [0.15, 0.2) is 11.4 Å². The summed E-state index contributed by atoms with van der Waals surface area (Å²) in [4.78, 5) is 9.56. The zero-order chi connectivity index (χ0) is 13.2. The Kier molecular flexibility index (Phi) is 3.55. The van der Waals surface area contributed by atoms with Crippen molar-refractivity contribution in [3.63, 3.8) is 0 Å². The molecular formula is C14H20N4S. The van der Waals surface area contributed by atoms with Crippen LogP contribution in [0.3, 0.4) is 0 Å². The van der Waals surface area contributed by atoms with Gasteiger partial charge in [0.25, 0.3) is 0 Å². The molecule has 2 heterocycles. The number of nitrogens with one attached hydrogen (secondary N) is 1. The fourth-order valence-electron chi connectivity index (χ4n) is 2.93. The first-order chi connectivity index (χ1) is 9.24. The van der Waals surface area contributed by atoms with Crippen molar-refractivity contribution in [2.24, 2.45) is 11.8 Å². The molecule has 3 N–H and O–H groups in total. The molecule has 0 saturated heterocycles. The molecule has 102 valence electrons. The van der Waals surface area contributed by atoms with E-state index in [0.29, 0.717) is 5.95 Å². The third kappa shape index (κ3) is 2.66. The number of hydrogen-bond acceptors (Lipinski definition) is 5. The van der Waals surface area contributed by atoms with Crippen LogP contribution in [0.2, 0.25) is 0 Å². The largest absolute Gasteiger partial charge is 0.369 e. The van der Waals surface area contributed by atoms with E-state index in [-0.39, 0.29) is 0 Å². The molecular weight excluding hydrogens is 256 g/mol. The first-order valence-corrected chi connectivity index (χ1v) is 7.86. The molecule has 5 heteroatoms. The molecule has 0 aromatic carbocycles. The summed E-state index contributed by atoms with van der Waals surface area (Å²) < 4.78 is 0. The van der Waals surface area contributed by atoms with Crippen molar-refractivity contribution in [1.82, 2.24) is 9.97 Å². The summed E-state index contributed by atoms with van der Waals surface area (Å²) in [7, 11) is 0. The Morgan fingerprint density at radius 2 is 2.21 bits per heavy atom. The van der Waals surface area contributed by atoms with Crippen LogP contribution in [0.25, 0.3) is 10.2 Å². The maximum absolute atomic E-state index is 5.76. The van der Waals surface area contributed by atoms with Gasteiger partial charge in [0.15, 0.2) is 0 Å². The number of nitrogens with two attached hydrogens (primary N) is 1. The Balaban J connectivity index is 1.75. The topological polar surface area (TPSA) is 63.8 Å². The lowest BCUT2D eigenvalue weighted by atomic mass is 9.80. The summed E-state index contributed by atoms with van der Waals surface area (Å²) in [5, 5.41) is 6.61. The van der Waals surface area contributed by atoms with Crippen molar-refractivity contribution in [2.75, 3.05) is 17.6 Å². The van der Waals surface area contributed by atoms with Crippen molar-refractivity contribution in [3.8, 4) is 0 Å². The van der Waals surface area contributed by atoms with Crippen LogP contribution in [0.5, 0.6) is 0 Å².